The van der Waals surface area contributed by atoms with Gasteiger partial charge in [0.25, 0.3) is 5.91 Å². The first kappa shape index (κ1) is 19.1. The molecule has 0 N–H and O–H groups in total. The molecule has 0 spiro atoms. The second-order valence-electron chi connectivity index (χ2n) is 8.89. The molecule has 8 nitrogen and oxygen atoms in total. The average Bonchev–Trinajstić information content (AvgIpc) is 3.19. The quantitative estimate of drug-likeness (QED) is 0.797. The summed E-state index contributed by atoms with van der Waals surface area (Å²) in [7, 11) is 0. The molecule has 2 aromatic rings. The van der Waals surface area contributed by atoms with Gasteiger partial charge in [-0.05, 0) is 19.3 Å². The molecule has 1 amide bonds. The lowest BCUT2D eigenvalue weighted by Gasteiger charge is -2.21. The number of nitrogens with zero attached hydrogens (tertiary/aromatic N) is 5. The van der Waals surface area contributed by atoms with Crippen molar-refractivity contribution in [3.63, 3.8) is 0 Å². The van der Waals surface area contributed by atoms with Gasteiger partial charge in [0, 0.05) is 37.5 Å². The molecule has 0 unspecified atom stereocenters. The second-order valence-corrected chi connectivity index (χ2v) is 8.89. The van der Waals surface area contributed by atoms with Crippen molar-refractivity contribution in [3.05, 3.63) is 29.6 Å². The normalized spacial score (nSPS) is 19.5. The summed E-state index contributed by atoms with van der Waals surface area (Å²) >= 11 is 0. The van der Waals surface area contributed by atoms with Gasteiger partial charge in [-0.3, -0.25) is 9.69 Å². The van der Waals surface area contributed by atoms with Crippen molar-refractivity contribution in [2.24, 2.45) is 0 Å². The molecule has 1 aliphatic carbocycles. The molecule has 0 radical (unpaired) electrons. The van der Waals surface area contributed by atoms with Crippen LogP contribution in [0.2, 0.25) is 0 Å². The van der Waals surface area contributed by atoms with E-state index in [0.717, 1.165) is 44.8 Å². The Morgan fingerprint density at radius 3 is 2.64 bits per heavy atom. The highest BCUT2D eigenvalue weighted by Crippen LogP contribution is 2.35. The summed E-state index contributed by atoms with van der Waals surface area (Å²) in [6.45, 7) is 9.86. The van der Waals surface area contributed by atoms with Gasteiger partial charge in [-0.15, -0.1) is 0 Å². The monoisotopic (exact) mass is 387 g/mol. The first-order valence-corrected chi connectivity index (χ1v) is 10.2. The van der Waals surface area contributed by atoms with Crippen LogP contribution in [-0.4, -0.2) is 57.0 Å². The van der Waals surface area contributed by atoms with Crippen molar-refractivity contribution < 1.29 is 13.7 Å². The Kier molecular flexibility index (Phi) is 5.23. The van der Waals surface area contributed by atoms with Crippen LogP contribution in [0.1, 0.15) is 80.5 Å². The highest BCUT2D eigenvalue weighted by Gasteiger charge is 2.28. The van der Waals surface area contributed by atoms with Crippen LogP contribution in [0.4, 0.5) is 0 Å². The standard InChI is InChI=1S/C20H29N5O3/c1-20(2,3)19-22-16(23-28-19)12-24-8-5-9-25(11-10-24)18(26)15-13-27-17(21-15)14-6-4-7-14/h13-14H,4-12H2,1-3H3. The number of rotatable bonds is 4. The minimum atomic E-state index is -0.150. The molecule has 28 heavy (non-hydrogen) atoms. The van der Waals surface area contributed by atoms with Gasteiger partial charge < -0.3 is 13.8 Å². The number of carbonyl (C=O) groups is 1. The zero-order valence-electron chi connectivity index (χ0n) is 17.0. The average molecular weight is 387 g/mol. The SMILES string of the molecule is CC(C)(C)c1nc(CN2CCCN(C(=O)c3coc(C4CCC4)n3)CC2)no1. The minimum absolute atomic E-state index is 0.0363. The Balaban J connectivity index is 1.33. The van der Waals surface area contributed by atoms with Crippen molar-refractivity contribution >= 4 is 5.91 Å². The van der Waals surface area contributed by atoms with E-state index in [4.69, 9.17) is 8.94 Å². The first-order chi connectivity index (χ1) is 13.4. The van der Waals surface area contributed by atoms with E-state index in [9.17, 15) is 4.79 Å². The molecule has 2 fully saturated rings. The molecule has 2 aliphatic rings. The molecule has 0 aromatic carbocycles. The van der Waals surface area contributed by atoms with Gasteiger partial charge in [-0.25, -0.2) is 4.98 Å². The largest absolute Gasteiger partial charge is 0.448 e. The van der Waals surface area contributed by atoms with Crippen molar-refractivity contribution in [2.75, 3.05) is 26.2 Å². The van der Waals surface area contributed by atoms with Crippen molar-refractivity contribution in [2.45, 2.75) is 64.3 Å². The van der Waals surface area contributed by atoms with E-state index >= 15 is 0 Å². The lowest BCUT2D eigenvalue weighted by atomic mass is 9.85. The Bertz CT molecular complexity index is 818. The fourth-order valence-corrected chi connectivity index (χ4v) is 3.55. The first-order valence-electron chi connectivity index (χ1n) is 10.2. The molecule has 0 atom stereocenters. The summed E-state index contributed by atoms with van der Waals surface area (Å²) < 4.78 is 10.9. The van der Waals surface area contributed by atoms with E-state index in [1.54, 1.807) is 0 Å². The summed E-state index contributed by atoms with van der Waals surface area (Å²) in [6, 6.07) is 0. The zero-order chi connectivity index (χ0) is 19.7. The highest BCUT2D eigenvalue weighted by atomic mass is 16.5. The van der Waals surface area contributed by atoms with Gasteiger partial charge in [0.1, 0.15) is 6.26 Å². The third kappa shape index (κ3) is 4.11. The number of carbonyl (C=O) groups excluding carboxylic acids is 1. The van der Waals surface area contributed by atoms with Gasteiger partial charge >= 0.3 is 0 Å². The van der Waals surface area contributed by atoms with Crippen LogP contribution in [0.5, 0.6) is 0 Å². The Labute approximate surface area is 165 Å². The summed E-state index contributed by atoms with van der Waals surface area (Å²) in [5.41, 5.74) is 0.284. The smallest absolute Gasteiger partial charge is 0.275 e. The van der Waals surface area contributed by atoms with E-state index in [2.05, 4.69) is 40.8 Å². The van der Waals surface area contributed by atoms with E-state index < -0.39 is 0 Å². The second kappa shape index (κ2) is 7.66. The van der Waals surface area contributed by atoms with E-state index in [0.29, 0.717) is 36.4 Å². The topological polar surface area (TPSA) is 88.5 Å². The molecular formula is C20H29N5O3. The zero-order valence-corrected chi connectivity index (χ0v) is 17.0. The molecule has 3 heterocycles. The number of aromatic nitrogens is 3. The van der Waals surface area contributed by atoms with Crippen molar-refractivity contribution in [3.8, 4) is 0 Å². The molecule has 8 heteroatoms. The maximum absolute atomic E-state index is 12.8. The predicted octanol–water partition coefficient (Wildman–Crippen LogP) is 2.97. The molecular weight excluding hydrogens is 358 g/mol. The maximum Gasteiger partial charge on any atom is 0.275 e. The van der Waals surface area contributed by atoms with Gasteiger partial charge in [-0.1, -0.05) is 32.3 Å². The van der Waals surface area contributed by atoms with E-state index in [-0.39, 0.29) is 11.3 Å². The van der Waals surface area contributed by atoms with E-state index in [1.807, 2.05) is 4.90 Å². The van der Waals surface area contributed by atoms with Crippen LogP contribution in [0, 0.1) is 0 Å². The Hall–Kier alpha value is -2.22. The van der Waals surface area contributed by atoms with Gasteiger partial charge in [0.2, 0.25) is 5.89 Å². The fourth-order valence-electron chi connectivity index (χ4n) is 3.55. The predicted molar refractivity (Wildman–Crippen MR) is 102 cm³/mol. The molecule has 152 valence electrons. The summed E-state index contributed by atoms with van der Waals surface area (Å²) in [5, 5.41) is 4.11. The van der Waals surface area contributed by atoms with Crippen LogP contribution in [0.25, 0.3) is 0 Å². The van der Waals surface area contributed by atoms with Crippen LogP contribution in [-0.2, 0) is 12.0 Å². The molecule has 1 aliphatic heterocycles. The minimum Gasteiger partial charge on any atom is -0.448 e. The highest BCUT2D eigenvalue weighted by molar-refractivity contribution is 5.92. The number of oxazole rings is 1. The van der Waals surface area contributed by atoms with Crippen LogP contribution in [0.15, 0.2) is 15.2 Å². The summed E-state index contributed by atoms with van der Waals surface area (Å²) in [5.74, 6) is 2.44. The summed E-state index contributed by atoms with van der Waals surface area (Å²) in [4.78, 5) is 25.9. The summed E-state index contributed by atoms with van der Waals surface area (Å²) in [6.07, 6.45) is 5.87. The number of hydrogen-bond acceptors (Lipinski definition) is 7. The number of amides is 1. The van der Waals surface area contributed by atoms with E-state index in [1.165, 1.54) is 12.7 Å². The van der Waals surface area contributed by atoms with Gasteiger partial charge in [0.05, 0.1) is 6.54 Å². The molecule has 0 bridgehead atoms. The van der Waals surface area contributed by atoms with Crippen LogP contribution >= 0.6 is 0 Å². The van der Waals surface area contributed by atoms with Crippen LogP contribution in [0.3, 0.4) is 0 Å². The molecule has 4 rings (SSSR count). The lowest BCUT2D eigenvalue weighted by Crippen LogP contribution is -2.35. The number of hydrogen-bond donors (Lipinski definition) is 0. The molecule has 1 saturated carbocycles. The Morgan fingerprint density at radius 1 is 1.14 bits per heavy atom. The molecule has 2 aromatic heterocycles. The Morgan fingerprint density at radius 2 is 1.96 bits per heavy atom. The third-order valence-corrected chi connectivity index (χ3v) is 5.55. The fraction of sp³-hybridized carbons (Fsp3) is 0.700. The molecule has 1 saturated heterocycles. The van der Waals surface area contributed by atoms with Gasteiger partial charge in [0.15, 0.2) is 17.4 Å². The van der Waals surface area contributed by atoms with Crippen molar-refractivity contribution in [1.82, 2.24) is 24.9 Å². The van der Waals surface area contributed by atoms with Crippen LogP contribution < -0.4 is 0 Å². The van der Waals surface area contributed by atoms with Gasteiger partial charge in [-0.2, -0.15) is 4.98 Å². The lowest BCUT2D eigenvalue weighted by molar-refractivity contribution is 0.0755. The third-order valence-electron chi connectivity index (χ3n) is 5.55. The van der Waals surface area contributed by atoms with Crippen molar-refractivity contribution in [1.29, 1.82) is 0 Å². The maximum atomic E-state index is 12.8.